The number of carbonyl (C=O) groups excluding carboxylic acids is 1. The van der Waals surface area contributed by atoms with Gasteiger partial charge in [-0.05, 0) is 0 Å². The maximum Gasteiger partial charge on any atom is 0.331 e. The summed E-state index contributed by atoms with van der Waals surface area (Å²) in [5.41, 5.74) is 0. The molecule has 0 spiro atoms. The highest BCUT2D eigenvalue weighted by molar-refractivity contribution is 5.90. The molecule has 1 N–H and O–H groups in total. The van der Waals surface area contributed by atoms with Crippen molar-refractivity contribution in [2.75, 3.05) is 6.61 Å². The van der Waals surface area contributed by atoms with E-state index in [1.165, 1.54) is 0 Å². The number of nitriles is 1. The topological polar surface area (TPSA) is 87.4 Å². The Bertz CT molecular complexity index is 238. The van der Waals surface area contributed by atoms with Crippen LogP contribution in [0.5, 0.6) is 0 Å². The molecule has 0 aromatic carbocycles. The van der Waals surface area contributed by atoms with E-state index in [0.29, 0.717) is 6.08 Å². The Morgan fingerprint density at radius 2 is 2.17 bits per heavy atom. The highest BCUT2D eigenvalue weighted by Crippen LogP contribution is 1.84. The van der Waals surface area contributed by atoms with Gasteiger partial charge in [-0.3, -0.25) is 0 Å². The van der Waals surface area contributed by atoms with Crippen molar-refractivity contribution in [2.24, 2.45) is 0 Å². The molecule has 0 aromatic rings. The molecule has 0 aliphatic heterocycles. The first-order valence-corrected chi connectivity index (χ1v) is 3.11. The Balaban J connectivity index is 3.61. The maximum absolute atomic E-state index is 10.5. The third-order valence-electron chi connectivity index (χ3n) is 0.820. The van der Waals surface area contributed by atoms with E-state index in [9.17, 15) is 9.59 Å². The van der Waals surface area contributed by atoms with E-state index in [2.05, 4.69) is 4.74 Å². The van der Waals surface area contributed by atoms with Crippen molar-refractivity contribution in [3.63, 3.8) is 0 Å². The van der Waals surface area contributed by atoms with Crippen molar-refractivity contribution in [3.05, 3.63) is 12.2 Å². The van der Waals surface area contributed by atoms with E-state index in [1.54, 1.807) is 6.07 Å². The van der Waals surface area contributed by atoms with Crippen LogP contribution >= 0.6 is 0 Å². The zero-order chi connectivity index (χ0) is 9.40. The second-order valence-electron chi connectivity index (χ2n) is 1.75. The summed E-state index contributed by atoms with van der Waals surface area (Å²) in [6, 6.07) is 1.77. The number of hydrogen-bond donors (Lipinski definition) is 1. The zero-order valence-electron chi connectivity index (χ0n) is 6.19. The van der Waals surface area contributed by atoms with E-state index < -0.39 is 11.9 Å². The largest absolute Gasteiger partial charge is 0.478 e. The summed E-state index contributed by atoms with van der Waals surface area (Å²) in [5, 5.41) is 16.1. The highest BCUT2D eigenvalue weighted by atomic mass is 16.5. The molecule has 0 aliphatic rings. The number of rotatable bonds is 4. The number of aliphatic carboxylic acids is 1. The molecule has 0 atom stereocenters. The number of nitrogens with zero attached hydrogens (tertiary/aromatic N) is 1. The Morgan fingerprint density at radius 1 is 1.50 bits per heavy atom. The molecule has 0 fully saturated rings. The van der Waals surface area contributed by atoms with Crippen LogP contribution in [0.1, 0.15) is 6.42 Å². The van der Waals surface area contributed by atoms with Crippen molar-refractivity contribution in [3.8, 4) is 6.07 Å². The highest BCUT2D eigenvalue weighted by Gasteiger charge is 1.96. The minimum absolute atomic E-state index is 0.0146. The van der Waals surface area contributed by atoms with Gasteiger partial charge in [-0.25, -0.2) is 9.59 Å². The molecule has 64 valence electrons. The first-order valence-electron chi connectivity index (χ1n) is 3.11. The Labute approximate surface area is 68.9 Å². The number of ether oxygens (including phenoxy) is 1. The second kappa shape index (κ2) is 5.92. The van der Waals surface area contributed by atoms with Gasteiger partial charge < -0.3 is 9.84 Å². The molecule has 0 saturated carbocycles. The van der Waals surface area contributed by atoms with Gasteiger partial charge in [0.2, 0.25) is 0 Å². The van der Waals surface area contributed by atoms with Gasteiger partial charge in [0.15, 0.2) is 0 Å². The lowest BCUT2D eigenvalue weighted by molar-refractivity contribution is -0.138. The minimum Gasteiger partial charge on any atom is -0.478 e. The van der Waals surface area contributed by atoms with Gasteiger partial charge in [-0.15, -0.1) is 0 Å². The number of hydrogen-bond acceptors (Lipinski definition) is 4. The van der Waals surface area contributed by atoms with Crippen LogP contribution in [0.25, 0.3) is 0 Å². The molecule has 12 heavy (non-hydrogen) atoms. The van der Waals surface area contributed by atoms with Gasteiger partial charge in [0, 0.05) is 12.2 Å². The van der Waals surface area contributed by atoms with Gasteiger partial charge in [0.1, 0.15) is 6.61 Å². The molecule has 5 heteroatoms. The van der Waals surface area contributed by atoms with Crippen LogP contribution < -0.4 is 0 Å². The van der Waals surface area contributed by atoms with Crippen LogP contribution in [-0.4, -0.2) is 23.7 Å². The van der Waals surface area contributed by atoms with Crippen LogP contribution in [0.4, 0.5) is 0 Å². The van der Waals surface area contributed by atoms with Crippen molar-refractivity contribution >= 4 is 11.9 Å². The summed E-state index contributed by atoms with van der Waals surface area (Å²) in [6.45, 7) is -0.0146. The first kappa shape index (κ1) is 10.2. The average Bonchev–Trinajstić information content (AvgIpc) is 2.01. The van der Waals surface area contributed by atoms with Crippen molar-refractivity contribution in [1.82, 2.24) is 0 Å². The van der Waals surface area contributed by atoms with Crippen LogP contribution in [0, 0.1) is 11.3 Å². The molecular formula is C7H7NO4. The predicted octanol–water partition coefficient (Wildman–Crippen LogP) is 0.0841. The third kappa shape index (κ3) is 6.29. The molecule has 0 amide bonds. The molecule has 5 nitrogen and oxygen atoms in total. The molecular weight excluding hydrogens is 162 g/mol. The van der Waals surface area contributed by atoms with E-state index in [0.717, 1.165) is 6.08 Å². The number of carboxylic acid groups (broad SMARTS) is 1. The SMILES string of the molecule is N#CCCOC(=O)C=CC(=O)O. The standard InChI is InChI=1S/C7H7NO4/c8-4-1-5-12-7(11)3-2-6(9)10/h2-3H,1,5H2,(H,9,10). The maximum atomic E-state index is 10.5. The normalized spacial score (nSPS) is 9.25. The van der Waals surface area contributed by atoms with Gasteiger partial charge in [0.05, 0.1) is 12.5 Å². The summed E-state index contributed by atoms with van der Waals surface area (Å²) >= 11 is 0. The van der Waals surface area contributed by atoms with E-state index in [-0.39, 0.29) is 13.0 Å². The smallest absolute Gasteiger partial charge is 0.331 e. The van der Waals surface area contributed by atoms with Crippen molar-refractivity contribution in [1.29, 1.82) is 5.26 Å². The lowest BCUT2D eigenvalue weighted by Crippen LogP contribution is -2.02. The lowest BCUT2D eigenvalue weighted by atomic mass is 10.5. The molecule has 0 heterocycles. The minimum atomic E-state index is -1.22. The van der Waals surface area contributed by atoms with Crippen molar-refractivity contribution in [2.45, 2.75) is 6.42 Å². The van der Waals surface area contributed by atoms with Crippen LogP contribution in [-0.2, 0) is 14.3 Å². The lowest BCUT2D eigenvalue weighted by Gasteiger charge is -1.94. The average molecular weight is 169 g/mol. The summed E-state index contributed by atoms with van der Waals surface area (Å²) in [7, 11) is 0. The van der Waals surface area contributed by atoms with Crippen LogP contribution in [0.15, 0.2) is 12.2 Å². The molecule has 0 saturated heterocycles. The molecule has 0 aromatic heterocycles. The Kier molecular flexibility index (Phi) is 5.02. The van der Waals surface area contributed by atoms with Gasteiger partial charge in [0.25, 0.3) is 0 Å². The van der Waals surface area contributed by atoms with Crippen LogP contribution in [0.3, 0.4) is 0 Å². The fraction of sp³-hybridized carbons (Fsp3) is 0.286. The van der Waals surface area contributed by atoms with E-state index in [1.807, 2.05) is 0 Å². The van der Waals surface area contributed by atoms with Gasteiger partial charge in [-0.2, -0.15) is 5.26 Å². The predicted molar refractivity (Wildman–Crippen MR) is 38.0 cm³/mol. The molecule has 0 unspecified atom stereocenters. The Hall–Kier alpha value is -1.83. The number of carboxylic acids is 1. The van der Waals surface area contributed by atoms with Crippen molar-refractivity contribution < 1.29 is 19.4 Å². The third-order valence-corrected chi connectivity index (χ3v) is 0.820. The quantitative estimate of drug-likeness (QED) is 0.366. The Morgan fingerprint density at radius 3 is 2.67 bits per heavy atom. The molecule has 0 rings (SSSR count). The molecule has 0 bridgehead atoms. The van der Waals surface area contributed by atoms with E-state index >= 15 is 0 Å². The molecule has 0 aliphatic carbocycles. The zero-order valence-corrected chi connectivity index (χ0v) is 6.19. The number of esters is 1. The van der Waals surface area contributed by atoms with Gasteiger partial charge in [-0.1, -0.05) is 0 Å². The van der Waals surface area contributed by atoms with E-state index in [4.69, 9.17) is 10.4 Å². The van der Waals surface area contributed by atoms with Gasteiger partial charge >= 0.3 is 11.9 Å². The number of carbonyl (C=O) groups is 2. The summed E-state index contributed by atoms with van der Waals surface area (Å²) in [4.78, 5) is 20.4. The monoisotopic (exact) mass is 169 g/mol. The fourth-order valence-electron chi connectivity index (χ4n) is 0.385. The molecule has 0 radical (unpaired) electrons. The summed E-state index contributed by atoms with van der Waals surface area (Å²) in [5.74, 6) is -1.97. The summed E-state index contributed by atoms with van der Waals surface area (Å²) < 4.78 is 4.42. The van der Waals surface area contributed by atoms with Crippen LogP contribution in [0.2, 0.25) is 0 Å². The fourth-order valence-corrected chi connectivity index (χ4v) is 0.385. The summed E-state index contributed by atoms with van der Waals surface area (Å²) in [6.07, 6.45) is 1.57. The first-order chi connectivity index (χ1) is 5.66. The second-order valence-corrected chi connectivity index (χ2v) is 1.75.